The molecular weight excluding hydrogens is 280 g/mol. The standard InChI is InChI=1S/C17H24N2OS/c1-11(2)17(15-9-6-10-21-15)19-13-7-5-8-14(16(13)18)20-12(3)4/h5-12,17,19H,18H2,1-4H3. The van der Waals surface area contributed by atoms with E-state index in [1.807, 2.05) is 32.0 Å². The van der Waals surface area contributed by atoms with E-state index in [0.717, 1.165) is 11.4 Å². The van der Waals surface area contributed by atoms with E-state index in [1.54, 1.807) is 11.3 Å². The van der Waals surface area contributed by atoms with Gasteiger partial charge in [-0.1, -0.05) is 26.0 Å². The normalized spacial score (nSPS) is 12.7. The lowest BCUT2D eigenvalue weighted by molar-refractivity contribution is 0.244. The first-order chi connectivity index (χ1) is 9.99. The predicted octanol–water partition coefficient (Wildman–Crippen LogP) is 4.93. The Morgan fingerprint density at radius 1 is 1.10 bits per heavy atom. The number of ether oxygens (including phenoxy) is 1. The highest BCUT2D eigenvalue weighted by Crippen LogP contribution is 2.35. The van der Waals surface area contributed by atoms with Crippen molar-refractivity contribution < 1.29 is 4.74 Å². The summed E-state index contributed by atoms with van der Waals surface area (Å²) in [7, 11) is 0. The number of hydrogen-bond donors (Lipinski definition) is 2. The Kier molecular flexibility index (Phi) is 5.12. The van der Waals surface area contributed by atoms with E-state index in [1.165, 1.54) is 4.88 Å². The van der Waals surface area contributed by atoms with Crippen molar-refractivity contribution in [2.24, 2.45) is 5.92 Å². The topological polar surface area (TPSA) is 47.3 Å². The van der Waals surface area contributed by atoms with Crippen LogP contribution in [-0.2, 0) is 0 Å². The van der Waals surface area contributed by atoms with Crippen LogP contribution in [0.1, 0.15) is 38.6 Å². The quantitative estimate of drug-likeness (QED) is 0.744. The first-order valence-corrected chi connectivity index (χ1v) is 8.22. The fraction of sp³-hybridized carbons (Fsp3) is 0.412. The lowest BCUT2D eigenvalue weighted by Gasteiger charge is -2.24. The number of nitrogens with one attached hydrogen (secondary N) is 1. The number of nitrogens with two attached hydrogens (primary N) is 1. The maximum atomic E-state index is 6.25. The van der Waals surface area contributed by atoms with Crippen molar-refractivity contribution in [2.75, 3.05) is 11.1 Å². The first-order valence-electron chi connectivity index (χ1n) is 7.34. The lowest BCUT2D eigenvalue weighted by Crippen LogP contribution is -2.17. The fourth-order valence-corrected chi connectivity index (χ4v) is 3.18. The van der Waals surface area contributed by atoms with Crippen LogP contribution in [0.25, 0.3) is 0 Å². The van der Waals surface area contributed by atoms with Crippen molar-refractivity contribution in [3.05, 3.63) is 40.6 Å². The Morgan fingerprint density at radius 3 is 2.43 bits per heavy atom. The molecule has 0 saturated carbocycles. The van der Waals surface area contributed by atoms with Crippen LogP contribution in [0, 0.1) is 5.92 Å². The number of para-hydroxylation sites is 1. The van der Waals surface area contributed by atoms with Gasteiger partial charge >= 0.3 is 0 Å². The maximum Gasteiger partial charge on any atom is 0.144 e. The van der Waals surface area contributed by atoms with E-state index < -0.39 is 0 Å². The fourth-order valence-electron chi connectivity index (χ4n) is 2.23. The SMILES string of the molecule is CC(C)Oc1cccc(NC(c2cccs2)C(C)C)c1N. The maximum absolute atomic E-state index is 6.25. The third-order valence-corrected chi connectivity index (χ3v) is 4.21. The smallest absolute Gasteiger partial charge is 0.144 e. The number of rotatable bonds is 6. The minimum atomic E-state index is 0.112. The Bertz CT molecular complexity index is 564. The molecule has 3 N–H and O–H groups in total. The summed E-state index contributed by atoms with van der Waals surface area (Å²) in [5.74, 6) is 1.21. The average Bonchev–Trinajstić information content (AvgIpc) is 2.92. The van der Waals surface area contributed by atoms with Gasteiger partial charge in [0.2, 0.25) is 0 Å². The third kappa shape index (κ3) is 3.91. The zero-order valence-corrected chi connectivity index (χ0v) is 13.9. The molecule has 1 heterocycles. The summed E-state index contributed by atoms with van der Waals surface area (Å²) in [6, 6.07) is 10.4. The zero-order valence-electron chi connectivity index (χ0n) is 13.1. The summed E-state index contributed by atoms with van der Waals surface area (Å²) in [6.07, 6.45) is 0.112. The van der Waals surface area contributed by atoms with Gasteiger partial charge in [-0.25, -0.2) is 0 Å². The highest BCUT2D eigenvalue weighted by Gasteiger charge is 2.18. The van der Waals surface area contributed by atoms with Gasteiger partial charge in [0.15, 0.2) is 0 Å². The highest BCUT2D eigenvalue weighted by molar-refractivity contribution is 7.10. The van der Waals surface area contributed by atoms with Crippen LogP contribution in [0.3, 0.4) is 0 Å². The van der Waals surface area contributed by atoms with Crippen molar-refractivity contribution >= 4 is 22.7 Å². The zero-order chi connectivity index (χ0) is 15.4. The van der Waals surface area contributed by atoms with Gasteiger partial charge < -0.3 is 15.8 Å². The van der Waals surface area contributed by atoms with E-state index in [9.17, 15) is 0 Å². The number of nitrogen functional groups attached to an aromatic ring is 1. The van der Waals surface area contributed by atoms with Crippen LogP contribution in [0.5, 0.6) is 5.75 Å². The van der Waals surface area contributed by atoms with Crippen LogP contribution in [0.15, 0.2) is 35.7 Å². The van der Waals surface area contributed by atoms with Crippen molar-refractivity contribution in [2.45, 2.75) is 39.8 Å². The Morgan fingerprint density at radius 2 is 1.86 bits per heavy atom. The van der Waals surface area contributed by atoms with Crippen LogP contribution >= 0.6 is 11.3 Å². The second kappa shape index (κ2) is 6.85. The molecule has 0 aliphatic carbocycles. The largest absolute Gasteiger partial charge is 0.489 e. The molecule has 1 aromatic heterocycles. The first kappa shape index (κ1) is 15.7. The Labute approximate surface area is 131 Å². The Balaban J connectivity index is 2.25. The van der Waals surface area contributed by atoms with E-state index in [-0.39, 0.29) is 12.1 Å². The van der Waals surface area contributed by atoms with Crippen LogP contribution in [0.2, 0.25) is 0 Å². The molecule has 0 aliphatic rings. The van der Waals surface area contributed by atoms with Gasteiger partial charge in [0.05, 0.1) is 23.5 Å². The summed E-state index contributed by atoms with van der Waals surface area (Å²) < 4.78 is 5.76. The van der Waals surface area contributed by atoms with Crippen molar-refractivity contribution in [1.29, 1.82) is 0 Å². The predicted molar refractivity (Wildman–Crippen MR) is 92.1 cm³/mol. The number of thiophene rings is 1. The summed E-state index contributed by atoms with van der Waals surface area (Å²) in [5, 5.41) is 5.67. The summed E-state index contributed by atoms with van der Waals surface area (Å²) in [5.41, 5.74) is 7.85. The summed E-state index contributed by atoms with van der Waals surface area (Å²) >= 11 is 1.76. The van der Waals surface area contributed by atoms with Crippen molar-refractivity contribution in [3.8, 4) is 5.75 Å². The molecular formula is C17H24N2OS. The molecule has 0 amide bonds. The van der Waals surface area contributed by atoms with Gasteiger partial charge in [-0.15, -0.1) is 11.3 Å². The lowest BCUT2D eigenvalue weighted by atomic mass is 10.0. The van der Waals surface area contributed by atoms with Crippen molar-refractivity contribution in [3.63, 3.8) is 0 Å². The van der Waals surface area contributed by atoms with Gasteiger partial charge in [0.25, 0.3) is 0 Å². The molecule has 1 unspecified atom stereocenters. The van der Waals surface area contributed by atoms with E-state index in [4.69, 9.17) is 10.5 Å². The molecule has 0 spiro atoms. The van der Waals surface area contributed by atoms with E-state index in [0.29, 0.717) is 11.6 Å². The molecule has 0 aliphatic heterocycles. The third-order valence-electron chi connectivity index (χ3n) is 3.26. The van der Waals surface area contributed by atoms with Gasteiger partial charge in [0, 0.05) is 4.88 Å². The molecule has 0 radical (unpaired) electrons. The average molecular weight is 304 g/mol. The van der Waals surface area contributed by atoms with Crippen molar-refractivity contribution in [1.82, 2.24) is 0 Å². The molecule has 1 aromatic carbocycles. The second-order valence-corrected chi connectivity index (χ2v) is 6.74. The van der Waals surface area contributed by atoms with Crippen LogP contribution < -0.4 is 15.8 Å². The monoisotopic (exact) mass is 304 g/mol. The van der Waals surface area contributed by atoms with Gasteiger partial charge in [-0.3, -0.25) is 0 Å². The number of hydrogen-bond acceptors (Lipinski definition) is 4. The Hall–Kier alpha value is -1.68. The molecule has 0 bridgehead atoms. The molecule has 4 heteroatoms. The highest BCUT2D eigenvalue weighted by atomic mass is 32.1. The minimum Gasteiger partial charge on any atom is -0.489 e. The molecule has 2 rings (SSSR count). The minimum absolute atomic E-state index is 0.112. The molecule has 1 atom stereocenters. The van der Waals surface area contributed by atoms with E-state index >= 15 is 0 Å². The van der Waals surface area contributed by atoms with Gasteiger partial charge in [-0.05, 0) is 43.3 Å². The summed E-state index contributed by atoms with van der Waals surface area (Å²) in [4.78, 5) is 1.32. The van der Waals surface area contributed by atoms with E-state index in [2.05, 4.69) is 36.7 Å². The second-order valence-electron chi connectivity index (χ2n) is 5.77. The van der Waals surface area contributed by atoms with Crippen LogP contribution in [0.4, 0.5) is 11.4 Å². The summed E-state index contributed by atoms with van der Waals surface area (Å²) in [6.45, 7) is 8.42. The molecule has 0 fully saturated rings. The van der Waals surface area contributed by atoms with Gasteiger partial charge in [0.1, 0.15) is 5.75 Å². The molecule has 3 nitrogen and oxygen atoms in total. The molecule has 114 valence electrons. The molecule has 0 saturated heterocycles. The van der Waals surface area contributed by atoms with Crippen LogP contribution in [-0.4, -0.2) is 6.10 Å². The number of benzene rings is 1. The van der Waals surface area contributed by atoms with Gasteiger partial charge in [-0.2, -0.15) is 0 Å². The number of anilines is 2. The molecule has 2 aromatic rings. The molecule has 21 heavy (non-hydrogen) atoms.